The molecule has 1 heterocycles. The molecule has 1 amide bonds. The van der Waals surface area contributed by atoms with E-state index in [0.29, 0.717) is 14.8 Å². The second kappa shape index (κ2) is 5.40. The van der Waals surface area contributed by atoms with Gasteiger partial charge < -0.3 is 10.6 Å². The van der Waals surface area contributed by atoms with E-state index in [9.17, 15) is 9.18 Å². The second-order valence-electron chi connectivity index (χ2n) is 4.63. The van der Waals surface area contributed by atoms with Crippen LogP contribution < -0.4 is 10.6 Å². The summed E-state index contributed by atoms with van der Waals surface area (Å²) in [5.74, 6) is -0.500. The molecule has 2 aromatic carbocycles. The first-order valence-corrected chi connectivity index (χ1v) is 7.34. The SMILES string of the molecule is O=C(Nc1ccc(F)cc1I)c1ccc2c(c1)NCC2. The van der Waals surface area contributed by atoms with Crippen molar-refractivity contribution in [3.05, 3.63) is 56.9 Å². The minimum Gasteiger partial charge on any atom is -0.384 e. The van der Waals surface area contributed by atoms with Crippen LogP contribution in [0.15, 0.2) is 36.4 Å². The molecule has 0 spiro atoms. The third-order valence-electron chi connectivity index (χ3n) is 3.26. The molecule has 0 unspecified atom stereocenters. The van der Waals surface area contributed by atoms with Crippen molar-refractivity contribution in [1.82, 2.24) is 0 Å². The van der Waals surface area contributed by atoms with Crippen LogP contribution in [0.3, 0.4) is 0 Å². The van der Waals surface area contributed by atoms with Crippen LogP contribution in [0.1, 0.15) is 15.9 Å². The molecular formula is C15H12FIN2O. The molecule has 0 bridgehead atoms. The molecule has 0 aromatic heterocycles. The first-order chi connectivity index (χ1) is 9.63. The number of rotatable bonds is 2. The molecule has 5 heteroatoms. The summed E-state index contributed by atoms with van der Waals surface area (Å²) in [6.45, 7) is 0.913. The summed E-state index contributed by atoms with van der Waals surface area (Å²) in [6.07, 6.45) is 0.993. The molecule has 2 N–H and O–H groups in total. The molecule has 102 valence electrons. The summed E-state index contributed by atoms with van der Waals surface area (Å²) >= 11 is 2.00. The lowest BCUT2D eigenvalue weighted by atomic mass is 10.1. The Kier molecular flexibility index (Phi) is 3.60. The Bertz CT molecular complexity index is 688. The average Bonchev–Trinajstić information content (AvgIpc) is 2.89. The second-order valence-corrected chi connectivity index (χ2v) is 5.79. The number of anilines is 2. The zero-order chi connectivity index (χ0) is 14.1. The summed E-state index contributed by atoms with van der Waals surface area (Å²) in [4.78, 5) is 12.2. The van der Waals surface area contributed by atoms with Crippen molar-refractivity contribution >= 4 is 39.9 Å². The number of carbonyl (C=O) groups excluding carboxylic acids is 1. The van der Waals surface area contributed by atoms with Gasteiger partial charge in [0.05, 0.1) is 5.69 Å². The third kappa shape index (κ3) is 2.63. The number of benzene rings is 2. The monoisotopic (exact) mass is 382 g/mol. The highest BCUT2D eigenvalue weighted by atomic mass is 127. The molecule has 3 rings (SSSR count). The zero-order valence-electron chi connectivity index (χ0n) is 10.5. The minimum absolute atomic E-state index is 0.189. The van der Waals surface area contributed by atoms with Crippen molar-refractivity contribution in [1.29, 1.82) is 0 Å². The fourth-order valence-corrected chi connectivity index (χ4v) is 2.83. The first-order valence-electron chi connectivity index (χ1n) is 6.27. The summed E-state index contributed by atoms with van der Waals surface area (Å²) < 4.78 is 13.7. The Morgan fingerprint density at radius 3 is 2.90 bits per heavy atom. The van der Waals surface area contributed by atoms with Crippen LogP contribution in [0, 0.1) is 9.39 Å². The fraction of sp³-hybridized carbons (Fsp3) is 0.133. The lowest BCUT2D eigenvalue weighted by molar-refractivity contribution is 0.102. The number of carbonyl (C=O) groups is 1. The molecule has 0 atom stereocenters. The largest absolute Gasteiger partial charge is 0.384 e. The maximum absolute atomic E-state index is 13.0. The smallest absolute Gasteiger partial charge is 0.255 e. The molecule has 0 aliphatic carbocycles. The summed E-state index contributed by atoms with van der Waals surface area (Å²) in [5.41, 5.74) is 3.47. The summed E-state index contributed by atoms with van der Waals surface area (Å²) in [6, 6.07) is 9.94. The van der Waals surface area contributed by atoms with Crippen LogP contribution in [-0.2, 0) is 6.42 Å². The first kappa shape index (κ1) is 13.4. The number of fused-ring (bicyclic) bond motifs is 1. The van der Waals surface area contributed by atoms with Crippen LogP contribution in [0.5, 0.6) is 0 Å². The molecule has 0 saturated heterocycles. The van der Waals surface area contributed by atoms with Gasteiger partial charge in [-0.25, -0.2) is 4.39 Å². The average molecular weight is 382 g/mol. The highest BCUT2D eigenvalue weighted by Crippen LogP contribution is 2.24. The lowest BCUT2D eigenvalue weighted by Gasteiger charge is -2.09. The van der Waals surface area contributed by atoms with E-state index in [-0.39, 0.29) is 11.7 Å². The normalized spacial score (nSPS) is 12.7. The minimum atomic E-state index is -0.311. The van der Waals surface area contributed by atoms with Gasteiger partial charge in [0, 0.05) is 21.4 Å². The van der Waals surface area contributed by atoms with Crippen molar-refractivity contribution in [2.24, 2.45) is 0 Å². The van der Waals surface area contributed by atoms with E-state index in [1.165, 1.54) is 17.7 Å². The van der Waals surface area contributed by atoms with E-state index in [2.05, 4.69) is 10.6 Å². The maximum Gasteiger partial charge on any atom is 0.255 e. The predicted molar refractivity (Wildman–Crippen MR) is 85.7 cm³/mol. The quantitative estimate of drug-likeness (QED) is 0.779. The number of halogens is 2. The van der Waals surface area contributed by atoms with Gasteiger partial charge >= 0.3 is 0 Å². The number of amides is 1. The fourth-order valence-electron chi connectivity index (χ4n) is 2.22. The van der Waals surface area contributed by atoms with Crippen LogP contribution in [-0.4, -0.2) is 12.5 Å². The molecule has 20 heavy (non-hydrogen) atoms. The highest BCUT2D eigenvalue weighted by Gasteiger charge is 2.14. The number of hydrogen-bond donors (Lipinski definition) is 2. The third-order valence-corrected chi connectivity index (χ3v) is 4.15. The van der Waals surface area contributed by atoms with Crippen molar-refractivity contribution < 1.29 is 9.18 Å². The highest BCUT2D eigenvalue weighted by molar-refractivity contribution is 14.1. The Balaban J connectivity index is 1.82. The van der Waals surface area contributed by atoms with Crippen molar-refractivity contribution in [3.8, 4) is 0 Å². The Hall–Kier alpha value is -1.63. The Morgan fingerprint density at radius 2 is 2.10 bits per heavy atom. The molecule has 1 aliphatic rings. The van der Waals surface area contributed by atoms with E-state index in [4.69, 9.17) is 0 Å². The van der Waals surface area contributed by atoms with Gasteiger partial charge in [-0.05, 0) is 64.9 Å². The molecule has 2 aromatic rings. The molecular weight excluding hydrogens is 370 g/mol. The predicted octanol–water partition coefficient (Wildman–Crippen LogP) is 3.65. The Labute approximate surface area is 129 Å². The topological polar surface area (TPSA) is 41.1 Å². The molecule has 0 saturated carbocycles. The van der Waals surface area contributed by atoms with Crippen LogP contribution in [0.4, 0.5) is 15.8 Å². The standard InChI is InChI=1S/C15H12FIN2O/c16-11-3-4-13(12(17)8-11)19-15(20)10-2-1-9-5-6-18-14(9)7-10/h1-4,7-8,18H,5-6H2,(H,19,20). The van der Waals surface area contributed by atoms with E-state index in [0.717, 1.165) is 18.7 Å². The van der Waals surface area contributed by atoms with Crippen LogP contribution in [0.2, 0.25) is 0 Å². The van der Waals surface area contributed by atoms with Crippen molar-refractivity contribution in [2.45, 2.75) is 6.42 Å². The van der Waals surface area contributed by atoms with Crippen LogP contribution >= 0.6 is 22.6 Å². The lowest BCUT2D eigenvalue weighted by Crippen LogP contribution is -2.13. The number of hydrogen-bond acceptors (Lipinski definition) is 2. The van der Waals surface area contributed by atoms with Gasteiger partial charge in [0.15, 0.2) is 0 Å². The van der Waals surface area contributed by atoms with Crippen LogP contribution in [0.25, 0.3) is 0 Å². The zero-order valence-corrected chi connectivity index (χ0v) is 12.7. The van der Waals surface area contributed by atoms with Gasteiger partial charge in [0.2, 0.25) is 0 Å². The van der Waals surface area contributed by atoms with E-state index in [1.807, 2.05) is 40.8 Å². The van der Waals surface area contributed by atoms with Gasteiger partial charge in [-0.15, -0.1) is 0 Å². The number of nitrogens with one attached hydrogen (secondary N) is 2. The van der Waals surface area contributed by atoms with Crippen molar-refractivity contribution in [2.75, 3.05) is 17.2 Å². The maximum atomic E-state index is 13.0. The van der Waals surface area contributed by atoms with E-state index in [1.54, 1.807) is 6.07 Å². The van der Waals surface area contributed by atoms with E-state index < -0.39 is 0 Å². The van der Waals surface area contributed by atoms with Gasteiger partial charge in [-0.2, -0.15) is 0 Å². The van der Waals surface area contributed by atoms with Crippen molar-refractivity contribution in [3.63, 3.8) is 0 Å². The van der Waals surface area contributed by atoms with E-state index >= 15 is 0 Å². The molecule has 1 aliphatic heterocycles. The van der Waals surface area contributed by atoms with Gasteiger partial charge in [-0.3, -0.25) is 4.79 Å². The summed E-state index contributed by atoms with van der Waals surface area (Å²) in [5, 5.41) is 6.05. The van der Waals surface area contributed by atoms with Gasteiger partial charge in [-0.1, -0.05) is 6.07 Å². The van der Waals surface area contributed by atoms with Gasteiger partial charge in [0.25, 0.3) is 5.91 Å². The Morgan fingerprint density at radius 1 is 1.25 bits per heavy atom. The molecule has 0 fully saturated rings. The molecule has 3 nitrogen and oxygen atoms in total. The summed E-state index contributed by atoms with van der Waals surface area (Å²) in [7, 11) is 0. The molecule has 0 radical (unpaired) electrons. The van der Waals surface area contributed by atoms with Gasteiger partial charge in [0.1, 0.15) is 5.82 Å².